The highest BCUT2D eigenvalue weighted by Gasteiger charge is 2.26. The number of aryl methyl sites for hydroxylation is 1. The molecule has 0 saturated carbocycles. The van der Waals surface area contributed by atoms with Crippen LogP contribution in [0, 0.1) is 0 Å². The van der Waals surface area contributed by atoms with Gasteiger partial charge in [-0.25, -0.2) is 9.78 Å². The molecule has 0 unspecified atom stereocenters. The first-order valence-electron chi connectivity index (χ1n) is 7.51. The summed E-state index contributed by atoms with van der Waals surface area (Å²) in [6, 6.07) is 3.55. The minimum atomic E-state index is -0.334. The molecule has 2 heterocycles. The van der Waals surface area contributed by atoms with Crippen molar-refractivity contribution in [3.05, 3.63) is 39.5 Å². The molecule has 0 spiro atoms. The molecule has 3 rings (SSSR count). The molecule has 2 N–H and O–H groups in total. The second-order valence-electron chi connectivity index (χ2n) is 5.33. The summed E-state index contributed by atoms with van der Waals surface area (Å²) < 4.78 is 4.95. The third-order valence-corrected chi connectivity index (χ3v) is 5.51. The lowest BCUT2D eigenvalue weighted by Crippen LogP contribution is -2.20. The van der Waals surface area contributed by atoms with E-state index in [-0.39, 0.29) is 5.97 Å². The van der Waals surface area contributed by atoms with E-state index in [0.29, 0.717) is 26.5 Å². The van der Waals surface area contributed by atoms with E-state index in [1.54, 1.807) is 29.7 Å². The van der Waals surface area contributed by atoms with Crippen LogP contribution in [0.5, 0.6) is 0 Å². The number of thiocarbonyl (C=S) groups is 1. The second-order valence-corrected chi connectivity index (χ2v) is 7.20. The minimum Gasteiger partial charge on any atom is -0.465 e. The van der Waals surface area contributed by atoms with Crippen molar-refractivity contribution in [1.82, 2.24) is 4.98 Å². The monoisotopic (exact) mass is 381 g/mol. The van der Waals surface area contributed by atoms with Gasteiger partial charge in [-0.1, -0.05) is 11.6 Å². The number of nitrogens with zero attached hydrogens (tertiary/aromatic N) is 1. The highest BCUT2D eigenvalue weighted by atomic mass is 35.5. The third-order valence-electron chi connectivity index (χ3n) is 3.80. The predicted molar refractivity (Wildman–Crippen MR) is 101 cm³/mol. The number of hydrogen-bond acceptors (Lipinski definition) is 5. The zero-order valence-electron chi connectivity index (χ0n) is 13.0. The number of methoxy groups -OCH3 is 1. The highest BCUT2D eigenvalue weighted by Crippen LogP contribution is 2.38. The van der Waals surface area contributed by atoms with Gasteiger partial charge >= 0.3 is 5.97 Å². The van der Waals surface area contributed by atoms with Crippen LogP contribution >= 0.6 is 35.2 Å². The number of anilines is 2. The fourth-order valence-corrected chi connectivity index (χ4v) is 4.43. The Morgan fingerprint density at radius 3 is 2.92 bits per heavy atom. The molecule has 2 aromatic rings. The summed E-state index contributed by atoms with van der Waals surface area (Å²) in [5, 5.41) is 7.52. The van der Waals surface area contributed by atoms with E-state index < -0.39 is 0 Å². The number of thiophene rings is 1. The predicted octanol–water partition coefficient (Wildman–Crippen LogP) is 4.27. The van der Waals surface area contributed by atoms with Crippen LogP contribution in [-0.2, 0) is 17.6 Å². The summed E-state index contributed by atoms with van der Waals surface area (Å²) in [6.07, 6.45) is 5.71. The normalized spacial score (nSPS) is 13.1. The molecule has 1 aliphatic carbocycles. The number of rotatable bonds is 3. The molecule has 0 atom stereocenters. The van der Waals surface area contributed by atoms with Gasteiger partial charge in [0.05, 0.1) is 18.4 Å². The van der Waals surface area contributed by atoms with Crippen molar-refractivity contribution in [2.24, 2.45) is 0 Å². The van der Waals surface area contributed by atoms with Gasteiger partial charge in [-0.3, -0.25) is 0 Å². The third kappa shape index (κ3) is 3.53. The maximum Gasteiger partial charge on any atom is 0.341 e. The molecule has 0 bridgehead atoms. The lowest BCUT2D eigenvalue weighted by molar-refractivity contribution is 0.0601. The highest BCUT2D eigenvalue weighted by molar-refractivity contribution is 7.80. The molecule has 5 nitrogen and oxygen atoms in total. The molecule has 8 heteroatoms. The number of nitrogens with one attached hydrogen (secondary N) is 2. The Morgan fingerprint density at radius 2 is 2.17 bits per heavy atom. The largest absolute Gasteiger partial charge is 0.465 e. The van der Waals surface area contributed by atoms with Gasteiger partial charge in [-0.05, 0) is 55.6 Å². The summed E-state index contributed by atoms with van der Waals surface area (Å²) in [5.74, 6) is -0.334. The summed E-state index contributed by atoms with van der Waals surface area (Å²) in [4.78, 5) is 17.4. The smallest absolute Gasteiger partial charge is 0.341 e. The van der Waals surface area contributed by atoms with Crippen LogP contribution < -0.4 is 10.6 Å². The zero-order valence-corrected chi connectivity index (χ0v) is 15.4. The number of carbonyl (C=O) groups excluding carboxylic acids is 1. The molecule has 0 radical (unpaired) electrons. The van der Waals surface area contributed by atoms with Gasteiger partial charge < -0.3 is 15.4 Å². The number of ether oxygens (including phenoxy) is 1. The molecule has 24 heavy (non-hydrogen) atoms. The lowest BCUT2D eigenvalue weighted by atomic mass is 9.95. The van der Waals surface area contributed by atoms with E-state index in [9.17, 15) is 4.79 Å². The van der Waals surface area contributed by atoms with Crippen molar-refractivity contribution >= 4 is 56.9 Å². The van der Waals surface area contributed by atoms with Gasteiger partial charge in [0, 0.05) is 11.1 Å². The average molecular weight is 382 g/mol. The number of carbonyl (C=O) groups is 1. The molecular weight excluding hydrogens is 366 g/mol. The molecule has 0 fully saturated rings. The fourth-order valence-electron chi connectivity index (χ4n) is 2.71. The Hall–Kier alpha value is -1.70. The summed E-state index contributed by atoms with van der Waals surface area (Å²) >= 11 is 12.9. The Kier molecular flexibility index (Phi) is 5.33. The van der Waals surface area contributed by atoms with Crippen molar-refractivity contribution in [2.45, 2.75) is 25.7 Å². The average Bonchev–Trinajstić information content (AvgIpc) is 2.94. The first-order valence-corrected chi connectivity index (χ1v) is 9.11. The molecule has 2 aromatic heterocycles. The number of halogens is 1. The number of esters is 1. The maximum atomic E-state index is 12.2. The SMILES string of the molecule is COC(=O)c1c(NC(=S)Nc2cccnc2Cl)sc2c1CCCC2. The minimum absolute atomic E-state index is 0.334. The van der Waals surface area contributed by atoms with Gasteiger partial charge in [0.15, 0.2) is 10.3 Å². The number of hydrogen-bond donors (Lipinski definition) is 2. The van der Waals surface area contributed by atoms with Crippen molar-refractivity contribution < 1.29 is 9.53 Å². The summed E-state index contributed by atoms with van der Waals surface area (Å²) in [6.45, 7) is 0. The van der Waals surface area contributed by atoms with E-state index >= 15 is 0 Å². The fraction of sp³-hybridized carbons (Fsp3) is 0.312. The van der Waals surface area contributed by atoms with Crippen LogP contribution in [-0.4, -0.2) is 23.2 Å². The van der Waals surface area contributed by atoms with Gasteiger partial charge in [-0.15, -0.1) is 11.3 Å². The van der Waals surface area contributed by atoms with Crippen molar-refractivity contribution in [3.8, 4) is 0 Å². The van der Waals surface area contributed by atoms with Crippen molar-refractivity contribution in [2.75, 3.05) is 17.7 Å². The zero-order chi connectivity index (χ0) is 17.1. The molecule has 0 aromatic carbocycles. The van der Waals surface area contributed by atoms with E-state index in [2.05, 4.69) is 15.6 Å². The van der Waals surface area contributed by atoms with E-state index in [4.69, 9.17) is 28.6 Å². The van der Waals surface area contributed by atoms with E-state index in [1.165, 1.54) is 12.0 Å². The van der Waals surface area contributed by atoms with Crippen molar-refractivity contribution in [1.29, 1.82) is 0 Å². The molecule has 126 valence electrons. The maximum absolute atomic E-state index is 12.2. The molecule has 0 aliphatic heterocycles. The molecule has 0 saturated heterocycles. The van der Waals surface area contributed by atoms with Crippen LogP contribution in [0.1, 0.15) is 33.6 Å². The topological polar surface area (TPSA) is 63.2 Å². The number of aromatic nitrogens is 1. The first kappa shape index (κ1) is 17.1. The van der Waals surface area contributed by atoms with Gasteiger partial charge in [0.1, 0.15) is 5.00 Å². The molecule has 1 aliphatic rings. The van der Waals surface area contributed by atoms with Gasteiger partial charge in [0.25, 0.3) is 0 Å². The summed E-state index contributed by atoms with van der Waals surface area (Å²) in [7, 11) is 1.39. The lowest BCUT2D eigenvalue weighted by Gasteiger charge is -2.12. The van der Waals surface area contributed by atoms with Crippen LogP contribution in [0.15, 0.2) is 18.3 Å². The van der Waals surface area contributed by atoms with Crippen molar-refractivity contribution in [3.63, 3.8) is 0 Å². The Labute approximate surface area is 154 Å². The standard InChI is InChI=1S/C16H16ClN3O2S2/c1-22-15(21)12-9-5-2-3-7-11(9)24-14(12)20-16(23)19-10-6-4-8-18-13(10)17/h4,6,8H,2-3,5,7H2,1H3,(H2,19,20,23). The Morgan fingerprint density at radius 1 is 1.38 bits per heavy atom. The van der Waals surface area contributed by atoms with Crippen LogP contribution in [0.25, 0.3) is 0 Å². The second kappa shape index (κ2) is 7.46. The van der Waals surface area contributed by atoms with Gasteiger partial charge in [-0.2, -0.15) is 0 Å². The Bertz CT molecular complexity index is 792. The van der Waals surface area contributed by atoms with Crippen LogP contribution in [0.4, 0.5) is 10.7 Å². The summed E-state index contributed by atoms with van der Waals surface area (Å²) in [5.41, 5.74) is 2.29. The first-order chi connectivity index (χ1) is 11.6. The van der Waals surface area contributed by atoms with E-state index in [1.807, 2.05) is 0 Å². The number of fused-ring (bicyclic) bond motifs is 1. The Balaban J connectivity index is 1.84. The number of pyridine rings is 1. The quantitative estimate of drug-likeness (QED) is 0.470. The van der Waals surface area contributed by atoms with Crippen LogP contribution in [0.2, 0.25) is 5.15 Å². The van der Waals surface area contributed by atoms with Gasteiger partial charge in [0.2, 0.25) is 0 Å². The molecule has 0 amide bonds. The molecular formula is C16H16ClN3O2S2. The van der Waals surface area contributed by atoms with E-state index in [0.717, 1.165) is 31.2 Å². The van der Waals surface area contributed by atoms with Crippen LogP contribution in [0.3, 0.4) is 0 Å².